The Morgan fingerprint density at radius 1 is 1.26 bits per heavy atom. The lowest BCUT2D eigenvalue weighted by atomic mass is 10.1. The summed E-state index contributed by atoms with van der Waals surface area (Å²) < 4.78 is 13.5. The van der Waals surface area contributed by atoms with E-state index in [2.05, 4.69) is 0 Å². The van der Waals surface area contributed by atoms with Crippen LogP contribution in [0.15, 0.2) is 12.1 Å². The van der Waals surface area contributed by atoms with E-state index in [0.29, 0.717) is 29.7 Å². The number of carboxylic acids is 1. The molecular formula is C14H18FNO3. The van der Waals surface area contributed by atoms with Gasteiger partial charge in [-0.1, -0.05) is 6.92 Å². The van der Waals surface area contributed by atoms with Gasteiger partial charge in [-0.2, -0.15) is 0 Å². The summed E-state index contributed by atoms with van der Waals surface area (Å²) in [5.74, 6) is -1.77. The lowest BCUT2D eigenvalue weighted by Crippen LogP contribution is -2.36. The van der Waals surface area contributed by atoms with Gasteiger partial charge in [0.25, 0.3) is 5.91 Å². The van der Waals surface area contributed by atoms with Gasteiger partial charge in [0, 0.05) is 12.1 Å². The Morgan fingerprint density at radius 2 is 1.79 bits per heavy atom. The molecule has 0 atom stereocenters. The van der Waals surface area contributed by atoms with Crippen molar-refractivity contribution in [2.45, 2.75) is 27.2 Å². The molecule has 0 spiro atoms. The third-order valence-corrected chi connectivity index (χ3v) is 2.79. The Balaban J connectivity index is 3.05. The van der Waals surface area contributed by atoms with Crippen LogP contribution in [0.4, 0.5) is 4.39 Å². The minimum atomic E-state index is -1.06. The Labute approximate surface area is 111 Å². The van der Waals surface area contributed by atoms with E-state index in [-0.39, 0.29) is 18.3 Å². The maximum Gasteiger partial charge on any atom is 0.323 e. The minimum Gasteiger partial charge on any atom is -0.480 e. The molecule has 0 unspecified atom stereocenters. The fraction of sp³-hybridized carbons (Fsp3) is 0.429. The first-order chi connectivity index (χ1) is 8.86. The Morgan fingerprint density at radius 3 is 2.21 bits per heavy atom. The summed E-state index contributed by atoms with van der Waals surface area (Å²) in [4.78, 5) is 24.2. The zero-order chi connectivity index (χ0) is 14.6. The van der Waals surface area contributed by atoms with Crippen molar-refractivity contribution in [3.63, 3.8) is 0 Å². The summed E-state index contributed by atoms with van der Waals surface area (Å²) in [7, 11) is 0. The van der Waals surface area contributed by atoms with Crippen molar-refractivity contribution in [3.05, 3.63) is 34.6 Å². The normalized spacial score (nSPS) is 10.3. The van der Waals surface area contributed by atoms with E-state index in [4.69, 9.17) is 5.11 Å². The molecule has 1 aromatic carbocycles. The number of aliphatic carboxylic acids is 1. The Kier molecular flexibility index (Phi) is 5.03. The predicted octanol–water partition coefficient (Wildman–Crippen LogP) is 2.38. The second-order valence-electron chi connectivity index (χ2n) is 4.54. The number of carbonyl (C=O) groups excluding carboxylic acids is 1. The quantitative estimate of drug-likeness (QED) is 0.891. The third-order valence-electron chi connectivity index (χ3n) is 2.79. The molecule has 5 heteroatoms. The molecule has 1 amide bonds. The first-order valence-corrected chi connectivity index (χ1v) is 6.14. The number of carboxylic acid groups (broad SMARTS) is 1. The highest BCUT2D eigenvalue weighted by molar-refractivity contribution is 5.96. The number of nitrogens with zero attached hydrogens (tertiary/aromatic N) is 1. The molecule has 1 aromatic rings. The summed E-state index contributed by atoms with van der Waals surface area (Å²) >= 11 is 0. The Hall–Kier alpha value is -1.91. The smallest absolute Gasteiger partial charge is 0.323 e. The number of aryl methyl sites for hydroxylation is 2. The molecular weight excluding hydrogens is 249 g/mol. The molecule has 0 saturated carbocycles. The molecule has 0 saturated heterocycles. The summed E-state index contributed by atoms with van der Waals surface area (Å²) in [6, 6.07) is 2.91. The Bertz CT molecular complexity index is 476. The number of rotatable bonds is 5. The van der Waals surface area contributed by atoms with Crippen molar-refractivity contribution < 1.29 is 19.1 Å². The fourth-order valence-corrected chi connectivity index (χ4v) is 1.94. The minimum absolute atomic E-state index is 0.325. The van der Waals surface area contributed by atoms with Crippen LogP contribution in [0.25, 0.3) is 0 Å². The van der Waals surface area contributed by atoms with Gasteiger partial charge in [0.1, 0.15) is 12.4 Å². The lowest BCUT2D eigenvalue weighted by Gasteiger charge is -2.20. The number of hydrogen-bond donors (Lipinski definition) is 1. The van der Waals surface area contributed by atoms with E-state index in [0.717, 1.165) is 0 Å². The van der Waals surface area contributed by atoms with Crippen molar-refractivity contribution in [1.82, 2.24) is 4.90 Å². The molecule has 19 heavy (non-hydrogen) atoms. The molecule has 0 fully saturated rings. The van der Waals surface area contributed by atoms with E-state index >= 15 is 0 Å². The first-order valence-electron chi connectivity index (χ1n) is 6.14. The van der Waals surface area contributed by atoms with Crippen LogP contribution in [0.5, 0.6) is 0 Å². The molecule has 0 aliphatic carbocycles. The van der Waals surface area contributed by atoms with Gasteiger partial charge < -0.3 is 10.0 Å². The van der Waals surface area contributed by atoms with Gasteiger partial charge in [-0.3, -0.25) is 9.59 Å². The van der Waals surface area contributed by atoms with Crippen molar-refractivity contribution in [2.75, 3.05) is 13.1 Å². The van der Waals surface area contributed by atoms with Gasteiger partial charge >= 0.3 is 5.97 Å². The molecule has 0 aliphatic heterocycles. The van der Waals surface area contributed by atoms with E-state index in [1.165, 1.54) is 17.0 Å². The molecule has 0 aromatic heterocycles. The van der Waals surface area contributed by atoms with Gasteiger partial charge in [-0.05, 0) is 43.5 Å². The molecule has 4 nitrogen and oxygen atoms in total. The van der Waals surface area contributed by atoms with E-state index in [1.807, 2.05) is 6.92 Å². The predicted molar refractivity (Wildman–Crippen MR) is 69.7 cm³/mol. The van der Waals surface area contributed by atoms with E-state index < -0.39 is 5.97 Å². The number of benzene rings is 1. The van der Waals surface area contributed by atoms with Crippen LogP contribution in [0.1, 0.15) is 34.8 Å². The standard InChI is InChI=1S/C14H18FNO3/c1-4-5-16(8-12(17)18)14(19)11-6-9(2)13(15)10(3)7-11/h6-7H,4-5,8H2,1-3H3,(H,17,18). The lowest BCUT2D eigenvalue weighted by molar-refractivity contribution is -0.137. The van der Waals surface area contributed by atoms with Crippen molar-refractivity contribution in [1.29, 1.82) is 0 Å². The van der Waals surface area contributed by atoms with Gasteiger partial charge in [0.15, 0.2) is 0 Å². The second-order valence-corrected chi connectivity index (χ2v) is 4.54. The van der Waals surface area contributed by atoms with Gasteiger partial charge in [0.05, 0.1) is 0 Å². The molecule has 0 radical (unpaired) electrons. The number of carbonyl (C=O) groups is 2. The number of hydrogen-bond acceptors (Lipinski definition) is 2. The largest absolute Gasteiger partial charge is 0.480 e. The number of amides is 1. The van der Waals surface area contributed by atoms with Crippen LogP contribution in [-0.4, -0.2) is 35.0 Å². The molecule has 0 bridgehead atoms. The average molecular weight is 267 g/mol. The number of halogens is 1. The van der Waals surface area contributed by atoms with Crippen LogP contribution < -0.4 is 0 Å². The highest BCUT2D eigenvalue weighted by atomic mass is 19.1. The van der Waals surface area contributed by atoms with Gasteiger partial charge in [0.2, 0.25) is 0 Å². The van der Waals surface area contributed by atoms with Crippen LogP contribution in [0.2, 0.25) is 0 Å². The summed E-state index contributed by atoms with van der Waals surface area (Å²) in [6.45, 7) is 5.05. The summed E-state index contributed by atoms with van der Waals surface area (Å²) in [6.07, 6.45) is 0.665. The maximum absolute atomic E-state index is 13.5. The zero-order valence-electron chi connectivity index (χ0n) is 11.4. The summed E-state index contributed by atoms with van der Waals surface area (Å²) in [5.41, 5.74) is 1.09. The SMILES string of the molecule is CCCN(CC(=O)O)C(=O)c1cc(C)c(F)c(C)c1. The maximum atomic E-state index is 13.5. The fourth-order valence-electron chi connectivity index (χ4n) is 1.94. The van der Waals surface area contributed by atoms with E-state index in [1.54, 1.807) is 13.8 Å². The van der Waals surface area contributed by atoms with Crippen molar-refractivity contribution in [3.8, 4) is 0 Å². The van der Waals surface area contributed by atoms with Crippen molar-refractivity contribution in [2.24, 2.45) is 0 Å². The molecule has 1 rings (SSSR count). The zero-order valence-corrected chi connectivity index (χ0v) is 11.4. The topological polar surface area (TPSA) is 57.6 Å². The van der Waals surface area contributed by atoms with Crippen LogP contribution in [-0.2, 0) is 4.79 Å². The van der Waals surface area contributed by atoms with Crippen LogP contribution in [0, 0.1) is 19.7 Å². The first kappa shape index (κ1) is 15.1. The van der Waals surface area contributed by atoms with Crippen molar-refractivity contribution >= 4 is 11.9 Å². The van der Waals surface area contributed by atoms with Gasteiger partial charge in [-0.25, -0.2) is 4.39 Å². The molecule has 0 aliphatic rings. The average Bonchev–Trinajstić information content (AvgIpc) is 2.33. The molecule has 104 valence electrons. The molecule has 1 N–H and O–H groups in total. The molecule has 0 heterocycles. The van der Waals surface area contributed by atoms with Crippen LogP contribution in [0.3, 0.4) is 0 Å². The highest BCUT2D eigenvalue weighted by Crippen LogP contribution is 2.16. The highest BCUT2D eigenvalue weighted by Gasteiger charge is 2.19. The van der Waals surface area contributed by atoms with Gasteiger partial charge in [-0.15, -0.1) is 0 Å². The monoisotopic (exact) mass is 267 g/mol. The summed E-state index contributed by atoms with van der Waals surface area (Å²) in [5, 5.41) is 8.81. The van der Waals surface area contributed by atoms with E-state index in [9.17, 15) is 14.0 Å². The van der Waals surface area contributed by atoms with Crippen LogP contribution >= 0.6 is 0 Å². The third kappa shape index (κ3) is 3.77. The second kappa shape index (κ2) is 6.31.